The van der Waals surface area contributed by atoms with Crippen LogP contribution in [-0.4, -0.2) is 52.1 Å². The number of aromatic nitrogens is 1. The van der Waals surface area contributed by atoms with Gasteiger partial charge in [-0.1, -0.05) is 12.1 Å². The van der Waals surface area contributed by atoms with Crippen molar-refractivity contribution in [1.82, 2.24) is 4.98 Å². The fourth-order valence-electron chi connectivity index (χ4n) is 4.81. The number of hydrogen-bond acceptors (Lipinski definition) is 6. The van der Waals surface area contributed by atoms with Crippen molar-refractivity contribution in [2.45, 2.75) is 63.4 Å². The highest BCUT2D eigenvalue weighted by Crippen LogP contribution is 2.35. The van der Waals surface area contributed by atoms with Crippen molar-refractivity contribution < 1.29 is 36.1 Å². The van der Waals surface area contributed by atoms with Gasteiger partial charge in [0.05, 0.1) is 15.3 Å². The van der Waals surface area contributed by atoms with Gasteiger partial charge >= 0.3 is 6.09 Å². The van der Waals surface area contributed by atoms with Crippen LogP contribution in [0.25, 0.3) is 11.1 Å². The largest absolute Gasteiger partial charge is 0.442 e. The van der Waals surface area contributed by atoms with E-state index in [2.05, 4.69) is 14.7 Å². The van der Waals surface area contributed by atoms with E-state index in [4.69, 9.17) is 4.74 Å². The summed E-state index contributed by atoms with van der Waals surface area (Å²) in [5.41, 5.74) is 0.413. The molecule has 1 saturated heterocycles. The molecule has 236 valence electrons. The molecular weight excluding hydrogens is 600 g/mol. The number of pyridine rings is 1. The Morgan fingerprint density at radius 3 is 2.48 bits per heavy atom. The van der Waals surface area contributed by atoms with E-state index in [1.807, 2.05) is 0 Å². The minimum absolute atomic E-state index is 0.0518. The molecule has 1 aliphatic heterocycles. The number of nitrogens with zero attached hydrogens (tertiary/aromatic N) is 3. The highest BCUT2D eigenvalue weighted by molar-refractivity contribution is 7.93. The number of carbonyl (C=O) groups is 2. The number of alkyl halides is 2. The molecule has 0 spiro atoms. The molecule has 1 atom stereocenters. The Kier molecular flexibility index (Phi) is 9.38. The average Bonchev–Trinajstić information content (AvgIpc) is 3.09. The van der Waals surface area contributed by atoms with Crippen LogP contribution in [0.2, 0.25) is 0 Å². The number of benzene rings is 2. The second-order valence-corrected chi connectivity index (χ2v) is 13.9. The van der Waals surface area contributed by atoms with Crippen LogP contribution in [0.3, 0.4) is 0 Å². The van der Waals surface area contributed by atoms with Gasteiger partial charge in [0, 0.05) is 54.5 Å². The zero-order valence-corrected chi connectivity index (χ0v) is 25.9. The van der Waals surface area contributed by atoms with Crippen LogP contribution >= 0.6 is 0 Å². The van der Waals surface area contributed by atoms with Gasteiger partial charge < -0.3 is 15.0 Å². The topological polar surface area (TPSA) is 101 Å². The first-order valence-corrected chi connectivity index (χ1v) is 15.8. The Bertz CT molecular complexity index is 1720. The summed E-state index contributed by atoms with van der Waals surface area (Å²) in [6.45, 7) is 6.74. The summed E-state index contributed by atoms with van der Waals surface area (Å²) < 4.78 is 78.3. The van der Waals surface area contributed by atoms with Gasteiger partial charge in [0.15, 0.2) is 11.6 Å². The van der Waals surface area contributed by atoms with Crippen LogP contribution in [-0.2, 0) is 14.5 Å². The normalized spacial score (nSPS) is 16.4. The number of nitrogens with one attached hydrogen (secondary N) is 1. The van der Waals surface area contributed by atoms with Gasteiger partial charge in [-0.3, -0.25) is 4.79 Å². The molecule has 4 rings (SSSR count). The molecule has 0 unspecified atom stereocenters. The number of amides is 2. The molecule has 44 heavy (non-hydrogen) atoms. The van der Waals surface area contributed by atoms with Crippen molar-refractivity contribution in [2.75, 3.05) is 29.6 Å². The first kappa shape index (κ1) is 32.9. The Morgan fingerprint density at radius 1 is 1.07 bits per heavy atom. The molecule has 3 aromatic rings. The summed E-state index contributed by atoms with van der Waals surface area (Å²) in [7, 11) is -3.26. The molecule has 0 saturated carbocycles. The number of carbonyl (C=O) groups excluding carboxylic acids is 2. The van der Waals surface area contributed by atoms with Crippen molar-refractivity contribution in [1.29, 1.82) is 0 Å². The molecule has 0 radical (unpaired) electrons. The van der Waals surface area contributed by atoms with Gasteiger partial charge in [0.1, 0.15) is 11.4 Å². The summed E-state index contributed by atoms with van der Waals surface area (Å²) in [4.78, 5) is 32.3. The lowest BCUT2D eigenvalue weighted by atomic mass is 9.97. The summed E-state index contributed by atoms with van der Waals surface area (Å²) >= 11 is 0. The molecule has 1 aromatic heterocycles. The average molecular weight is 635 g/mol. The SMILES string of the molecule is Cc1c(-c2ccc(F)c(F)c2)cnc(N2CCCC(F)(F)CC2)c1C(=O)Nc1cccc([S@@](C)(=O)=NC(=O)OC(C)(C)C)c1. The predicted molar refractivity (Wildman–Crippen MR) is 161 cm³/mol. The number of ether oxygens (including phenoxy) is 1. The van der Waals surface area contributed by atoms with E-state index < -0.39 is 51.3 Å². The zero-order valence-electron chi connectivity index (χ0n) is 25.0. The zero-order chi connectivity index (χ0) is 32.4. The number of anilines is 2. The molecular formula is C31H34F4N4O4S. The fraction of sp³-hybridized carbons (Fsp3) is 0.387. The summed E-state index contributed by atoms with van der Waals surface area (Å²) in [6, 6.07) is 9.27. The maximum Gasteiger partial charge on any atom is 0.442 e. The molecule has 1 aliphatic rings. The van der Waals surface area contributed by atoms with Crippen molar-refractivity contribution in [3.63, 3.8) is 0 Å². The lowest BCUT2D eigenvalue weighted by Crippen LogP contribution is -2.30. The predicted octanol–water partition coefficient (Wildman–Crippen LogP) is 7.60. The Balaban J connectivity index is 1.74. The third-order valence-electron chi connectivity index (χ3n) is 6.97. The quantitative estimate of drug-likeness (QED) is 0.290. The Hall–Kier alpha value is -4.00. The summed E-state index contributed by atoms with van der Waals surface area (Å²) in [5.74, 6) is -5.46. The van der Waals surface area contributed by atoms with Crippen molar-refractivity contribution in [3.05, 3.63) is 71.4 Å². The van der Waals surface area contributed by atoms with E-state index in [0.29, 0.717) is 11.1 Å². The molecule has 13 heteroatoms. The minimum atomic E-state index is -3.26. The fourth-order valence-corrected chi connectivity index (χ4v) is 5.91. The highest BCUT2D eigenvalue weighted by Gasteiger charge is 2.34. The lowest BCUT2D eigenvalue weighted by molar-refractivity contribution is -0.0102. The standard InChI is InChI=1S/C31H34F4N4O4S/c1-19-23(20-10-11-24(32)25(33)16-20)18-36-27(39-14-7-12-31(34,35)13-15-39)26(19)28(40)37-21-8-6-9-22(17-21)44(5,42)38-29(41)43-30(2,3)4/h6,8-11,16-18H,7,12-15H2,1-5H3,(H,37,40)/t44-/m1/s1. The third kappa shape index (κ3) is 7.93. The summed E-state index contributed by atoms with van der Waals surface area (Å²) in [6.07, 6.45) is 1.13. The number of hydrogen-bond donors (Lipinski definition) is 1. The molecule has 2 amide bonds. The Labute approximate surface area is 254 Å². The minimum Gasteiger partial charge on any atom is -0.442 e. The first-order chi connectivity index (χ1) is 20.5. The van der Waals surface area contributed by atoms with Gasteiger partial charge in [-0.15, -0.1) is 4.36 Å². The maximum absolute atomic E-state index is 14.2. The molecule has 1 N–H and O–H groups in total. The first-order valence-electron chi connectivity index (χ1n) is 13.9. The molecule has 0 aliphatic carbocycles. The van der Waals surface area contributed by atoms with Gasteiger partial charge in [-0.25, -0.2) is 31.5 Å². The number of rotatable bonds is 5. The van der Waals surface area contributed by atoms with E-state index >= 15 is 0 Å². The highest BCUT2D eigenvalue weighted by atomic mass is 32.2. The second kappa shape index (κ2) is 12.5. The van der Waals surface area contributed by atoms with Crippen LogP contribution < -0.4 is 10.2 Å². The van der Waals surface area contributed by atoms with Gasteiger partial charge in [0.25, 0.3) is 5.91 Å². The van der Waals surface area contributed by atoms with Crippen molar-refractivity contribution in [2.24, 2.45) is 4.36 Å². The van der Waals surface area contributed by atoms with Gasteiger partial charge in [-0.2, -0.15) is 0 Å². The molecule has 0 bridgehead atoms. The third-order valence-corrected chi connectivity index (χ3v) is 8.59. The van der Waals surface area contributed by atoms with E-state index in [0.717, 1.165) is 12.1 Å². The van der Waals surface area contributed by atoms with Gasteiger partial charge in [-0.05, 0) is 75.6 Å². The monoisotopic (exact) mass is 634 g/mol. The lowest BCUT2D eigenvalue weighted by Gasteiger charge is -2.26. The molecule has 1 fully saturated rings. The van der Waals surface area contributed by atoms with E-state index in [9.17, 15) is 31.4 Å². The van der Waals surface area contributed by atoms with Crippen LogP contribution in [0.4, 0.5) is 33.9 Å². The van der Waals surface area contributed by atoms with E-state index in [1.165, 1.54) is 36.7 Å². The van der Waals surface area contributed by atoms with Crippen molar-refractivity contribution in [3.8, 4) is 11.1 Å². The molecule has 2 heterocycles. The van der Waals surface area contributed by atoms with E-state index in [1.54, 1.807) is 38.7 Å². The van der Waals surface area contributed by atoms with Crippen LogP contribution in [0.5, 0.6) is 0 Å². The van der Waals surface area contributed by atoms with Crippen LogP contribution in [0.1, 0.15) is 56.0 Å². The van der Waals surface area contributed by atoms with Gasteiger partial charge in [0.2, 0.25) is 5.92 Å². The van der Waals surface area contributed by atoms with E-state index in [-0.39, 0.29) is 53.5 Å². The van der Waals surface area contributed by atoms with Crippen LogP contribution in [0.15, 0.2) is 57.9 Å². The molecule has 2 aromatic carbocycles. The summed E-state index contributed by atoms with van der Waals surface area (Å²) in [5, 5.41) is 2.74. The Morgan fingerprint density at radius 2 is 1.80 bits per heavy atom. The number of halogens is 4. The molecule has 8 nitrogen and oxygen atoms in total. The maximum atomic E-state index is 14.2. The van der Waals surface area contributed by atoms with Crippen LogP contribution in [0, 0.1) is 18.6 Å². The smallest absolute Gasteiger partial charge is 0.442 e. The second-order valence-electron chi connectivity index (χ2n) is 11.7. The van der Waals surface area contributed by atoms with Crippen molar-refractivity contribution >= 4 is 33.2 Å².